The molecule has 1 fully saturated rings. The van der Waals surface area contributed by atoms with Gasteiger partial charge in [-0.05, 0) is 32.1 Å². The summed E-state index contributed by atoms with van der Waals surface area (Å²) in [6.07, 6.45) is 8.52. The van der Waals surface area contributed by atoms with Crippen LogP contribution in [0.25, 0.3) is 0 Å². The lowest BCUT2D eigenvalue weighted by Gasteiger charge is -2.35. The molecule has 1 aliphatic rings. The second-order valence-electron chi connectivity index (χ2n) is 5.42. The summed E-state index contributed by atoms with van der Waals surface area (Å²) in [7, 11) is 0. The molecule has 1 rings (SSSR count). The van der Waals surface area contributed by atoms with Crippen LogP contribution >= 0.6 is 0 Å². The normalized spacial score (nSPS) is 19.4. The van der Waals surface area contributed by atoms with Gasteiger partial charge in [0, 0.05) is 5.41 Å². The van der Waals surface area contributed by atoms with E-state index in [0.29, 0.717) is 12.8 Å². The van der Waals surface area contributed by atoms with Crippen molar-refractivity contribution >= 4 is 11.9 Å². The first-order valence-electron chi connectivity index (χ1n) is 7.20. The van der Waals surface area contributed by atoms with Crippen molar-refractivity contribution in [3.05, 3.63) is 12.7 Å². The molecule has 108 valence electrons. The Morgan fingerprint density at radius 2 is 2.00 bits per heavy atom. The Labute approximate surface area is 115 Å². The van der Waals surface area contributed by atoms with Gasteiger partial charge >= 0.3 is 5.97 Å². The molecule has 1 unspecified atom stereocenters. The van der Waals surface area contributed by atoms with Crippen molar-refractivity contribution in [1.82, 2.24) is 5.32 Å². The van der Waals surface area contributed by atoms with Crippen LogP contribution in [-0.2, 0) is 9.59 Å². The van der Waals surface area contributed by atoms with Gasteiger partial charge in [0.1, 0.15) is 6.04 Å². The molecule has 4 nitrogen and oxygen atoms in total. The predicted octanol–water partition coefficient (Wildman–Crippen LogP) is 2.88. The highest BCUT2D eigenvalue weighted by Crippen LogP contribution is 2.39. The van der Waals surface area contributed by atoms with Crippen molar-refractivity contribution in [2.24, 2.45) is 5.41 Å². The van der Waals surface area contributed by atoms with E-state index in [0.717, 1.165) is 32.1 Å². The number of carboxylic acid groups (broad SMARTS) is 1. The number of nitrogens with one attached hydrogen (secondary N) is 1. The van der Waals surface area contributed by atoms with E-state index in [-0.39, 0.29) is 11.3 Å². The standard InChI is InChI=1S/C15H25NO3/c1-3-5-9-12(13(17)18)16-14(19)15(4-2)10-7-6-8-11-15/h3,12H,1,4-11H2,2H3,(H,16,19)(H,17,18). The van der Waals surface area contributed by atoms with E-state index < -0.39 is 12.0 Å². The summed E-state index contributed by atoms with van der Waals surface area (Å²) in [5.41, 5.74) is -0.347. The van der Waals surface area contributed by atoms with Crippen molar-refractivity contribution in [3.63, 3.8) is 0 Å². The second kappa shape index (κ2) is 7.31. The minimum absolute atomic E-state index is 0.0776. The topological polar surface area (TPSA) is 66.4 Å². The highest BCUT2D eigenvalue weighted by atomic mass is 16.4. The fraction of sp³-hybridized carbons (Fsp3) is 0.733. The van der Waals surface area contributed by atoms with Gasteiger partial charge < -0.3 is 10.4 Å². The van der Waals surface area contributed by atoms with Crippen molar-refractivity contribution in [2.75, 3.05) is 0 Å². The van der Waals surface area contributed by atoms with E-state index in [1.54, 1.807) is 6.08 Å². The fourth-order valence-electron chi connectivity index (χ4n) is 2.82. The predicted molar refractivity (Wildman–Crippen MR) is 74.8 cm³/mol. The summed E-state index contributed by atoms with van der Waals surface area (Å²) in [6.45, 7) is 5.60. The van der Waals surface area contributed by atoms with Gasteiger partial charge in [0.25, 0.3) is 0 Å². The van der Waals surface area contributed by atoms with Gasteiger partial charge in [-0.25, -0.2) is 4.79 Å². The Balaban J connectivity index is 2.68. The molecule has 1 amide bonds. The zero-order chi connectivity index (χ0) is 14.3. The largest absolute Gasteiger partial charge is 0.480 e. The molecule has 2 N–H and O–H groups in total. The average molecular weight is 267 g/mol. The van der Waals surface area contributed by atoms with E-state index in [1.165, 1.54) is 6.42 Å². The van der Waals surface area contributed by atoms with Crippen molar-refractivity contribution < 1.29 is 14.7 Å². The van der Waals surface area contributed by atoms with Crippen LogP contribution in [0.15, 0.2) is 12.7 Å². The van der Waals surface area contributed by atoms with E-state index in [1.807, 2.05) is 6.92 Å². The number of allylic oxidation sites excluding steroid dienone is 1. The molecule has 0 aromatic rings. The molecule has 1 atom stereocenters. The van der Waals surface area contributed by atoms with Crippen LogP contribution in [0.5, 0.6) is 0 Å². The van der Waals surface area contributed by atoms with Crippen LogP contribution in [0.3, 0.4) is 0 Å². The molecular formula is C15H25NO3. The minimum Gasteiger partial charge on any atom is -0.480 e. The molecule has 1 saturated carbocycles. The number of carbonyl (C=O) groups excluding carboxylic acids is 1. The number of hydrogen-bond donors (Lipinski definition) is 2. The lowest BCUT2D eigenvalue weighted by Crippen LogP contribution is -2.49. The monoisotopic (exact) mass is 267 g/mol. The maximum absolute atomic E-state index is 12.4. The Bertz CT molecular complexity index is 332. The van der Waals surface area contributed by atoms with E-state index in [2.05, 4.69) is 11.9 Å². The van der Waals surface area contributed by atoms with Crippen LogP contribution in [-0.4, -0.2) is 23.0 Å². The third kappa shape index (κ3) is 4.08. The fourth-order valence-corrected chi connectivity index (χ4v) is 2.82. The number of aliphatic carboxylic acids is 1. The number of hydrogen-bond acceptors (Lipinski definition) is 2. The van der Waals surface area contributed by atoms with Gasteiger partial charge in [-0.2, -0.15) is 0 Å². The molecule has 0 spiro atoms. The molecule has 0 aromatic heterocycles. The maximum atomic E-state index is 12.4. The third-order valence-electron chi connectivity index (χ3n) is 4.23. The Kier molecular flexibility index (Phi) is 6.06. The maximum Gasteiger partial charge on any atom is 0.326 e. The molecule has 4 heteroatoms. The zero-order valence-electron chi connectivity index (χ0n) is 11.8. The Hall–Kier alpha value is -1.32. The van der Waals surface area contributed by atoms with Gasteiger partial charge in [-0.1, -0.05) is 32.3 Å². The zero-order valence-corrected chi connectivity index (χ0v) is 11.8. The quantitative estimate of drug-likeness (QED) is 0.697. The summed E-state index contributed by atoms with van der Waals surface area (Å²) in [4.78, 5) is 23.6. The summed E-state index contributed by atoms with van der Waals surface area (Å²) in [5.74, 6) is -1.04. The van der Waals surface area contributed by atoms with Crippen LogP contribution in [0.4, 0.5) is 0 Å². The highest BCUT2D eigenvalue weighted by molar-refractivity contribution is 5.87. The Morgan fingerprint density at radius 3 is 2.47 bits per heavy atom. The first kappa shape index (κ1) is 15.7. The van der Waals surface area contributed by atoms with Crippen LogP contribution < -0.4 is 5.32 Å². The molecule has 0 bridgehead atoms. The van der Waals surface area contributed by atoms with Crippen molar-refractivity contribution in [1.29, 1.82) is 0 Å². The van der Waals surface area contributed by atoms with Crippen LogP contribution in [0.2, 0.25) is 0 Å². The van der Waals surface area contributed by atoms with Gasteiger partial charge in [0.05, 0.1) is 0 Å². The third-order valence-corrected chi connectivity index (χ3v) is 4.23. The average Bonchev–Trinajstić information content (AvgIpc) is 2.43. The van der Waals surface area contributed by atoms with Gasteiger partial charge in [-0.3, -0.25) is 4.79 Å². The SMILES string of the molecule is C=CCCC(NC(=O)C1(CC)CCCCC1)C(=O)O. The number of amides is 1. The van der Waals surface area contributed by atoms with E-state index in [4.69, 9.17) is 5.11 Å². The molecule has 0 saturated heterocycles. The molecular weight excluding hydrogens is 242 g/mol. The minimum atomic E-state index is -0.961. The molecule has 0 radical (unpaired) electrons. The smallest absolute Gasteiger partial charge is 0.326 e. The summed E-state index contributed by atoms with van der Waals surface area (Å²) < 4.78 is 0. The second-order valence-corrected chi connectivity index (χ2v) is 5.42. The summed E-state index contributed by atoms with van der Waals surface area (Å²) in [5, 5.41) is 11.9. The van der Waals surface area contributed by atoms with E-state index >= 15 is 0 Å². The van der Waals surface area contributed by atoms with Crippen LogP contribution in [0.1, 0.15) is 58.3 Å². The lowest BCUT2D eigenvalue weighted by molar-refractivity contribution is -0.144. The van der Waals surface area contributed by atoms with Crippen molar-refractivity contribution in [2.45, 2.75) is 64.3 Å². The number of carboxylic acids is 1. The van der Waals surface area contributed by atoms with Gasteiger partial charge in [-0.15, -0.1) is 6.58 Å². The highest BCUT2D eigenvalue weighted by Gasteiger charge is 2.39. The molecule has 0 aromatic carbocycles. The molecule has 19 heavy (non-hydrogen) atoms. The van der Waals surface area contributed by atoms with Gasteiger partial charge in [0.2, 0.25) is 5.91 Å². The first-order chi connectivity index (χ1) is 9.05. The molecule has 0 aliphatic heterocycles. The Morgan fingerprint density at radius 1 is 1.37 bits per heavy atom. The summed E-state index contributed by atoms with van der Waals surface area (Å²) >= 11 is 0. The van der Waals surface area contributed by atoms with Crippen LogP contribution in [0, 0.1) is 5.41 Å². The number of rotatable bonds is 7. The first-order valence-corrected chi connectivity index (χ1v) is 7.20. The molecule has 0 heterocycles. The summed E-state index contributed by atoms with van der Waals surface area (Å²) in [6, 6.07) is -0.796. The van der Waals surface area contributed by atoms with E-state index in [9.17, 15) is 9.59 Å². The number of carbonyl (C=O) groups is 2. The van der Waals surface area contributed by atoms with Crippen molar-refractivity contribution in [3.8, 4) is 0 Å². The van der Waals surface area contributed by atoms with Gasteiger partial charge in [0.15, 0.2) is 0 Å². The molecule has 1 aliphatic carbocycles. The lowest BCUT2D eigenvalue weighted by atomic mass is 9.71.